The Bertz CT molecular complexity index is 1980. The van der Waals surface area contributed by atoms with Gasteiger partial charge in [0.05, 0.1) is 26.4 Å². The Morgan fingerprint density at radius 2 is 0.500 bits per heavy atom. The first-order valence-corrected chi connectivity index (χ1v) is 45.9. The maximum atomic E-state index is 13.1. The fraction of sp³-hybridized carbons (Fsp3) is 0.952. The van der Waals surface area contributed by atoms with Crippen LogP contribution in [0.3, 0.4) is 0 Å². The zero-order valence-electron chi connectivity index (χ0n) is 67.1. The molecule has 17 nitrogen and oxygen atoms in total. The molecule has 0 aliphatic carbocycles. The van der Waals surface area contributed by atoms with Gasteiger partial charge in [-0.1, -0.05) is 382 Å². The number of unbranched alkanes of at least 4 members (excludes halogenated alkanes) is 47. The van der Waals surface area contributed by atoms with Gasteiger partial charge in [-0.2, -0.15) is 0 Å². The van der Waals surface area contributed by atoms with Crippen LogP contribution in [0.5, 0.6) is 0 Å². The number of esters is 4. The topological polar surface area (TPSA) is 237 Å². The zero-order chi connectivity index (χ0) is 75.1. The molecule has 0 aliphatic rings. The molecule has 4 unspecified atom stereocenters. The van der Waals surface area contributed by atoms with Crippen LogP contribution in [0.2, 0.25) is 0 Å². The van der Waals surface area contributed by atoms with Gasteiger partial charge < -0.3 is 33.8 Å². The quantitative estimate of drug-likeness (QED) is 0.0222. The minimum Gasteiger partial charge on any atom is -0.462 e. The molecule has 0 bridgehead atoms. The molecule has 0 saturated carbocycles. The summed E-state index contributed by atoms with van der Waals surface area (Å²) in [6.07, 6.45) is 62.3. The number of aliphatic hydroxyl groups is 1. The molecule has 0 amide bonds. The molecular formula is C83H162O17P2. The van der Waals surface area contributed by atoms with Crippen molar-refractivity contribution in [1.29, 1.82) is 0 Å². The van der Waals surface area contributed by atoms with E-state index in [1.807, 2.05) is 0 Å². The lowest BCUT2D eigenvalue weighted by Gasteiger charge is -2.21. The summed E-state index contributed by atoms with van der Waals surface area (Å²) in [6.45, 7) is 12.1. The summed E-state index contributed by atoms with van der Waals surface area (Å²) in [5.41, 5.74) is 0. The van der Waals surface area contributed by atoms with Crippen LogP contribution in [0.25, 0.3) is 0 Å². The summed E-state index contributed by atoms with van der Waals surface area (Å²) in [5, 5.41) is 10.7. The third-order valence-corrected chi connectivity index (χ3v) is 22.0. The molecule has 0 heterocycles. The largest absolute Gasteiger partial charge is 0.472 e. The minimum atomic E-state index is -4.96. The Kier molecular flexibility index (Phi) is 71.8. The number of rotatable bonds is 81. The van der Waals surface area contributed by atoms with E-state index >= 15 is 0 Å². The second-order valence-electron chi connectivity index (χ2n) is 30.8. The number of phosphoric acid groups is 2. The number of ether oxygens (including phenoxy) is 4. The van der Waals surface area contributed by atoms with Crippen LogP contribution >= 0.6 is 15.6 Å². The van der Waals surface area contributed by atoms with E-state index in [1.165, 1.54) is 244 Å². The Hall–Kier alpha value is -1.94. The summed E-state index contributed by atoms with van der Waals surface area (Å²) < 4.78 is 68.8. The highest BCUT2D eigenvalue weighted by Crippen LogP contribution is 2.45. The Morgan fingerprint density at radius 3 is 0.745 bits per heavy atom. The summed E-state index contributed by atoms with van der Waals surface area (Å²) in [7, 11) is -9.92. The average Bonchev–Trinajstić information content (AvgIpc) is 0.932. The standard InChI is InChI=1S/C83H162O17P2/c1-8-11-12-13-14-33-43-50-57-64-80(85)93-70-78(99-82(87)66-59-52-45-38-31-25-18-15-21-27-34-40-47-54-61-74(4)5)72-97-101(89,90)95-68-77(84)69-96-102(91,92)98-73-79(100-83(88)67-60-53-46-39-32-26-20-17-23-29-36-42-49-56-63-76(7)10-3)71-94-81(86)65-58-51-44-37-30-24-19-16-22-28-35-41-48-55-62-75(6)9-2/h74-79,84H,8-73H2,1-7H3,(H,89,90)(H,91,92)/t75?,76?,77-,78+,79+/m0/s1. The fourth-order valence-electron chi connectivity index (χ4n) is 12.8. The van der Waals surface area contributed by atoms with Crippen molar-refractivity contribution in [1.82, 2.24) is 0 Å². The van der Waals surface area contributed by atoms with Crippen LogP contribution in [-0.2, 0) is 65.4 Å². The molecule has 0 radical (unpaired) electrons. The fourth-order valence-corrected chi connectivity index (χ4v) is 14.4. The van der Waals surface area contributed by atoms with Crippen molar-refractivity contribution in [3.63, 3.8) is 0 Å². The van der Waals surface area contributed by atoms with Crippen LogP contribution in [0, 0.1) is 17.8 Å². The van der Waals surface area contributed by atoms with Gasteiger partial charge in [-0.05, 0) is 43.4 Å². The molecule has 0 aromatic carbocycles. The molecule has 0 aromatic rings. The van der Waals surface area contributed by atoms with E-state index in [4.69, 9.17) is 37.0 Å². The van der Waals surface area contributed by atoms with Crippen molar-refractivity contribution in [3.05, 3.63) is 0 Å². The molecular weight excluding hydrogens is 1330 g/mol. The van der Waals surface area contributed by atoms with Gasteiger partial charge in [-0.3, -0.25) is 37.3 Å². The maximum Gasteiger partial charge on any atom is 0.472 e. The Morgan fingerprint density at radius 1 is 0.284 bits per heavy atom. The molecule has 0 saturated heterocycles. The molecule has 0 spiro atoms. The van der Waals surface area contributed by atoms with Crippen LogP contribution in [0.1, 0.15) is 434 Å². The van der Waals surface area contributed by atoms with Gasteiger partial charge in [0, 0.05) is 25.7 Å². The molecule has 606 valence electrons. The van der Waals surface area contributed by atoms with E-state index in [0.717, 1.165) is 108 Å². The van der Waals surface area contributed by atoms with E-state index in [1.54, 1.807) is 0 Å². The van der Waals surface area contributed by atoms with Gasteiger partial charge in [0.25, 0.3) is 0 Å². The van der Waals surface area contributed by atoms with Crippen molar-refractivity contribution < 1.29 is 80.2 Å². The molecule has 3 N–H and O–H groups in total. The van der Waals surface area contributed by atoms with Gasteiger partial charge >= 0.3 is 39.5 Å². The molecule has 0 fully saturated rings. The highest BCUT2D eigenvalue weighted by atomic mass is 31.2. The maximum absolute atomic E-state index is 13.1. The van der Waals surface area contributed by atoms with Gasteiger partial charge in [0.15, 0.2) is 12.2 Å². The van der Waals surface area contributed by atoms with Crippen LogP contribution in [-0.4, -0.2) is 96.7 Å². The average molecular weight is 1490 g/mol. The first kappa shape index (κ1) is 100. The van der Waals surface area contributed by atoms with Crippen LogP contribution in [0.15, 0.2) is 0 Å². The van der Waals surface area contributed by atoms with Crippen LogP contribution < -0.4 is 0 Å². The molecule has 0 aliphatic heterocycles. The number of carbonyl (C=O) groups is 4. The number of hydrogen-bond donors (Lipinski definition) is 3. The first-order chi connectivity index (χ1) is 49.3. The summed E-state index contributed by atoms with van der Waals surface area (Å²) in [5.74, 6) is 0.383. The van der Waals surface area contributed by atoms with Gasteiger partial charge in [-0.25, -0.2) is 9.13 Å². The molecule has 0 aromatic heterocycles. The number of carbonyl (C=O) groups excluding carboxylic acids is 4. The van der Waals surface area contributed by atoms with Crippen molar-refractivity contribution in [2.75, 3.05) is 39.6 Å². The van der Waals surface area contributed by atoms with Crippen molar-refractivity contribution >= 4 is 39.5 Å². The highest BCUT2D eigenvalue weighted by Gasteiger charge is 2.30. The molecule has 102 heavy (non-hydrogen) atoms. The minimum absolute atomic E-state index is 0.107. The smallest absolute Gasteiger partial charge is 0.462 e. The number of phosphoric ester groups is 2. The number of hydrogen-bond acceptors (Lipinski definition) is 15. The molecule has 7 atom stereocenters. The molecule has 19 heteroatoms. The second kappa shape index (κ2) is 73.2. The second-order valence-corrected chi connectivity index (χ2v) is 33.7. The lowest BCUT2D eigenvalue weighted by atomic mass is 9.99. The monoisotopic (exact) mass is 1490 g/mol. The van der Waals surface area contributed by atoms with E-state index in [-0.39, 0.29) is 25.7 Å². The summed E-state index contributed by atoms with van der Waals surface area (Å²) >= 11 is 0. The first-order valence-electron chi connectivity index (χ1n) is 42.9. The van der Waals surface area contributed by atoms with Gasteiger partial charge in [0.2, 0.25) is 0 Å². The Balaban J connectivity index is 5.23. The zero-order valence-corrected chi connectivity index (χ0v) is 68.9. The third kappa shape index (κ3) is 73.6. The lowest BCUT2D eigenvalue weighted by molar-refractivity contribution is -0.161. The Labute approximate surface area is 626 Å². The lowest BCUT2D eigenvalue weighted by Crippen LogP contribution is -2.30. The van der Waals surface area contributed by atoms with Crippen LogP contribution in [0.4, 0.5) is 0 Å². The van der Waals surface area contributed by atoms with Gasteiger partial charge in [0.1, 0.15) is 19.3 Å². The van der Waals surface area contributed by atoms with E-state index in [9.17, 15) is 43.2 Å². The summed E-state index contributed by atoms with van der Waals surface area (Å²) in [4.78, 5) is 73.1. The normalized spacial score (nSPS) is 14.5. The van der Waals surface area contributed by atoms with Crippen molar-refractivity contribution in [2.45, 2.75) is 452 Å². The SMILES string of the molecule is CCCCCCCCCCCC(=O)OC[C@H](COP(=O)(O)OC[C@H](O)COP(=O)(O)OC[C@@H](COC(=O)CCCCCCCCCCCCCCCCC(C)CC)OC(=O)CCCCCCCCCCCCCCCCC(C)CC)OC(=O)CCCCCCCCCCCCCCCCC(C)C. The number of aliphatic hydroxyl groups excluding tert-OH is 1. The van der Waals surface area contributed by atoms with Crippen molar-refractivity contribution in [2.24, 2.45) is 17.8 Å². The molecule has 0 rings (SSSR count). The van der Waals surface area contributed by atoms with E-state index < -0.39 is 97.5 Å². The van der Waals surface area contributed by atoms with Crippen molar-refractivity contribution in [3.8, 4) is 0 Å². The van der Waals surface area contributed by atoms with E-state index in [2.05, 4.69) is 48.5 Å². The summed E-state index contributed by atoms with van der Waals surface area (Å²) in [6, 6.07) is 0. The van der Waals surface area contributed by atoms with E-state index in [0.29, 0.717) is 25.7 Å². The highest BCUT2D eigenvalue weighted by molar-refractivity contribution is 7.47. The third-order valence-electron chi connectivity index (χ3n) is 20.1. The predicted molar refractivity (Wildman–Crippen MR) is 418 cm³/mol. The predicted octanol–water partition coefficient (Wildman–Crippen LogP) is 24.9. The van der Waals surface area contributed by atoms with Gasteiger partial charge in [-0.15, -0.1) is 0 Å².